The summed E-state index contributed by atoms with van der Waals surface area (Å²) >= 11 is 16.8. The largest absolute Gasteiger partial charge is 0.477 e. The maximum atomic E-state index is 10.5. The third kappa shape index (κ3) is 4.26. The number of allylic oxidation sites excluding steroid dienone is 1. The molecule has 0 saturated heterocycles. The van der Waals surface area contributed by atoms with E-state index in [1.807, 2.05) is 0 Å². The Bertz CT molecular complexity index is 486. The van der Waals surface area contributed by atoms with Crippen LogP contribution in [0.15, 0.2) is 39.4 Å². The predicted octanol–water partition coefficient (Wildman–Crippen LogP) is 3.51. The Kier molecular flexibility index (Phi) is 5.28. The monoisotopic (exact) mass is 292 g/mol. The number of nitrogens with zero attached hydrogens (tertiary/aromatic N) is 1. The van der Waals surface area contributed by atoms with Crippen LogP contribution in [-0.4, -0.2) is 17.3 Å². The molecule has 0 bridgehead atoms. The Morgan fingerprint density at radius 2 is 2.00 bits per heavy atom. The highest BCUT2D eigenvalue weighted by molar-refractivity contribution is 6.51. The summed E-state index contributed by atoms with van der Waals surface area (Å²) < 4.78 is 0. The second-order valence-corrected chi connectivity index (χ2v) is 4.01. The summed E-state index contributed by atoms with van der Waals surface area (Å²) in [6, 6.07) is 6.92. The lowest BCUT2D eigenvalue weighted by molar-refractivity contribution is -0.131. The van der Waals surface area contributed by atoms with Gasteiger partial charge in [0.2, 0.25) is 0 Å². The molecule has 2 N–H and O–H groups in total. The first kappa shape index (κ1) is 13.8. The fourth-order valence-electron chi connectivity index (χ4n) is 0.869. The summed E-state index contributed by atoms with van der Waals surface area (Å²) in [5, 5.41) is 12.0. The van der Waals surface area contributed by atoms with E-state index >= 15 is 0 Å². The van der Waals surface area contributed by atoms with Gasteiger partial charge in [-0.15, -0.1) is 0 Å². The number of aliphatic carboxylic acids is 1. The summed E-state index contributed by atoms with van der Waals surface area (Å²) in [5.41, 5.74) is 3.18. The van der Waals surface area contributed by atoms with Crippen molar-refractivity contribution in [2.75, 3.05) is 5.43 Å². The third-order valence-electron chi connectivity index (χ3n) is 1.63. The number of hydrazone groups is 1. The molecule has 0 amide bonds. The van der Waals surface area contributed by atoms with E-state index in [1.54, 1.807) is 24.3 Å². The number of carbonyl (C=O) groups is 1. The molecule has 0 spiro atoms. The van der Waals surface area contributed by atoms with Crippen LogP contribution < -0.4 is 5.43 Å². The van der Waals surface area contributed by atoms with Crippen molar-refractivity contribution in [1.82, 2.24) is 0 Å². The molecule has 0 aliphatic heterocycles. The minimum absolute atomic E-state index is 0.182. The van der Waals surface area contributed by atoms with Gasteiger partial charge in [-0.25, -0.2) is 4.79 Å². The van der Waals surface area contributed by atoms with Crippen LogP contribution in [0.3, 0.4) is 0 Å². The molecule has 0 heterocycles. The number of rotatable bonds is 4. The zero-order valence-electron chi connectivity index (χ0n) is 8.32. The molecule has 0 aliphatic carbocycles. The predicted molar refractivity (Wildman–Crippen MR) is 69.9 cm³/mol. The topological polar surface area (TPSA) is 61.7 Å². The molecule has 0 atom stereocenters. The summed E-state index contributed by atoms with van der Waals surface area (Å²) in [6.07, 6.45) is 1.08. The molecule has 4 nitrogen and oxygen atoms in total. The van der Waals surface area contributed by atoms with E-state index in [0.29, 0.717) is 10.7 Å². The molecule has 90 valence electrons. The van der Waals surface area contributed by atoms with Crippen molar-refractivity contribution in [2.45, 2.75) is 0 Å². The fraction of sp³-hybridized carbons (Fsp3) is 0. The van der Waals surface area contributed by atoms with Gasteiger partial charge >= 0.3 is 5.97 Å². The van der Waals surface area contributed by atoms with Crippen LogP contribution in [0.4, 0.5) is 5.69 Å². The molecule has 0 aliphatic rings. The van der Waals surface area contributed by atoms with Crippen molar-refractivity contribution >= 4 is 52.7 Å². The molecule has 1 rings (SSSR count). The third-order valence-corrected chi connectivity index (χ3v) is 2.71. The minimum Gasteiger partial charge on any atom is -0.477 e. The average molecular weight is 294 g/mol. The lowest BCUT2D eigenvalue weighted by atomic mass is 10.3. The van der Waals surface area contributed by atoms with Gasteiger partial charge in [-0.1, -0.05) is 46.9 Å². The van der Waals surface area contributed by atoms with Crippen molar-refractivity contribution in [3.05, 3.63) is 39.4 Å². The average Bonchev–Trinajstić information content (AvgIpc) is 2.30. The van der Waals surface area contributed by atoms with Crippen molar-refractivity contribution in [3.63, 3.8) is 0 Å². The first-order chi connectivity index (χ1) is 8.02. The van der Waals surface area contributed by atoms with Gasteiger partial charge in [-0.2, -0.15) is 5.10 Å². The van der Waals surface area contributed by atoms with Gasteiger partial charge in [0.15, 0.2) is 0 Å². The maximum Gasteiger partial charge on any atom is 0.348 e. The smallest absolute Gasteiger partial charge is 0.348 e. The Morgan fingerprint density at radius 3 is 2.59 bits per heavy atom. The Balaban J connectivity index is 2.72. The van der Waals surface area contributed by atoms with E-state index in [4.69, 9.17) is 39.9 Å². The molecular weight excluding hydrogens is 286 g/mol. The van der Waals surface area contributed by atoms with E-state index < -0.39 is 11.0 Å². The standard InChI is InChI=1S/C10H7Cl3N2O2/c11-6-3-1-2-4-8(6)15-14-5-7(12)9(13)10(16)17/h1-5,15H,(H,16,17)/b9-7-,14-5-. The molecule has 0 fully saturated rings. The number of carboxylic acid groups (broad SMARTS) is 1. The molecule has 17 heavy (non-hydrogen) atoms. The molecule has 1 aromatic rings. The van der Waals surface area contributed by atoms with E-state index in [1.165, 1.54) is 0 Å². The fourth-order valence-corrected chi connectivity index (χ4v) is 1.23. The van der Waals surface area contributed by atoms with Crippen molar-refractivity contribution in [1.29, 1.82) is 0 Å². The molecule has 0 saturated carbocycles. The molecule has 0 aromatic heterocycles. The van der Waals surface area contributed by atoms with Crippen LogP contribution in [0.1, 0.15) is 0 Å². The summed E-state index contributed by atoms with van der Waals surface area (Å²) in [7, 11) is 0. The number of benzene rings is 1. The highest BCUT2D eigenvalue weighted by Crippen LogP contribution is 2.20. The van der Waals surface area contributed by atoms with Gasteiger partial charge in [-0.3, -0.25) is 5.43 Å². The first-order valence-corrected chi connectivity index (χ1v) is 5.48. The van der Waals surface area contributed by atoms with Crippen molar-refractivity contribution < 1.29 is 9.90 Å². The highest BCUT2D eigenvalue weighted by atomic mass is 35.5. The minimum atomic E-state index is -1.32. The lowest BCUT2D eigenvalue weighted by Crippen LogP contribution is -1.98. The van der Waals surface area contributed by atoms with Crippen LogP contribution in [0.5, 0.6) is 0 Å². The molecule has 7 heteroatoms. The van der Waals surface area contributed by atoms with Gasteiger partial charge in [-0.05, 0) is 12.1 Å². The molecule has 0 radical (unpaired) electrons. The van der Waals surface area contributed by atoms with Gasteiger partial charge < -0.3 is 5.11 Å². The van der Waals surface area contributed by atoms with Crippen LogP contribution in [0.25, 0.3) is 0 Å². The lowest BCUT2D eigenvalue weighted by Gasteiger charge is -2.01. The Labute approximate surface area is 112 Å². The molecule has 0 unspecified atom stereocenters. The first-order valence-electron chi connectivity index (χ1n) is 4.34. The van der Waals surface area contributed by atoms with Gasteiger partial charge in [0, 0.05) is 0 Å². The number of hydrogen-bond acceptors (Lipinski definition) is 3. The SMILES string of the molecule is O=C(O)/C(Cl)=C(Cl)\C=N/Nc1ccccc1Cl. The normalized spacial score (nSPS) is 12.4. The second kappa shape index (κ2) is 6.49. The van der Waals surface area contributed by atoms with Crippen molar-refractivity contribution in [3.8, 4) is 0 Å². The maximum absolute atomic E-state index is 10.5. The number of anilines is 1. The zero-order valence-corrected chi connectivity index (χ0v) is 10.6. The summed E-state index contributed by atoms with van der Waals surface area (Å²) in [4.78, 5) is 10.5. The highest BCUT2D eigenvalue weighted by Gasteiger charge is 2.07. The van der Waals surface area contributed by atoms with Crippen LogP contribution in [-0.2, 0) is 4.79 Å². The number of halogens is 3. The van der Waals surface area contributed by atoms with Gasteiger partial charge in [0.1, 0.15) is 5.03 Å². The summed E-state index contributed by atoms with van der Waals surface area (Å²) in [6.45, 7) is 0. The van der Waals surface area contributed by atoms with Crippen LogP contribution in [0, 0.1) is 0 Å². The van der Waals surface area contributed by atoms with E-state index in [9.17, 15) is 4.79 Å². The van der Waals surface area contributed by atoms with Gasteiger partial charge in [0.25, 0.3) is 0 Å². The van der Waals surface area contributed by atoms with Crippen molar-refractivity contribution in [2.24, 2.45) is 5.10 Å². The Hall–Kier alpha value is -1.23. The van der Waals surface area contributed by atoms with E-state index in [2.05, 4.69) is 10.5 Å². The van der Waals surface area contributed by atoms with Crippen LogP contribution >= 0.6 is 34.8 Å². The number of carboxylic acids is 1. The quantitative estimate of drug-likeness (QED) is 0.507. The van der Waals surface area contributed by atoms with E-state index in [0.717, 1.165) is 6.21 Å². The van der Waals surface area contributed by atoms with Crippen LogP contribution in [0.2, 0.25) is 5.02 Å². The Morgan fingerprint density at radius 1 is 1.35 bits per heavy atom. The van der Waals surface area contributed by atoms with E-state index in [-0.39, 0.29) is 5.03 Å². The molecular formula is C10H7Cl3N2O2. The number of hydrogen-bond donors (Lipinski definition) is 2. The number of para-hydroxylation sites is 1. The second-order valence-electron chi connectivity index (χ2n) is 2.82. The molecule has 1 aromatic carbocycles. The summed E-state index contributed by atoms with van der Waals surface area (Å²) in [5.74, 6) is -1.32. The number of nitrogens with one attached hydrogen (secondary N) is 1. The van der Waals surface area contributed by atoms with Gasteiger partial charge in [0.05, 0.1) is 22.0 Å². The zero-order chi connectivity index (χ0) is 12.8.